The highest BCUT2D eigenvalue weighted by molar-refractivity contribution is 14.1. The maximum Gasteiger partial charge on any atom is 0.280 e. The van der Waals surface area contributed by atoms with Crippen molar-refractivity contribution in [3.8, 4) is 0 Å². The lowest BCUT2D eigenvalue weighted by molar-refractivity contribution is 0.146. The van der Waals surface area contributed by atoms with Crippen LogP contribution in [0.1, 0.15) is 12.1 Å². The summed E-state index contributed by atoms with van der Waals surface area (Å²) in [5, 5.41) is 0.424. The SMILES string of the molecule is Fc1cc(I)c2nc(C(F)F)cc(Cl)c2c1. The average molecular weight is 358 g/mol. The molecule has 0 fully saturated rings. The van der Waals surface area contributed by atoms with E-state index in [0.29, 0.717) is 14.5 Å². The number of pyridine rings is 1. The van der Waals surface area contributed by atoms with Crippen molar-refractivity contribution in [1.29, 1.82) is 0 Å². The first kappa shape index (κ1) is 11.9. The highest BCUT2D eigenvalue weighted by Gasteiger charge is 2.14. The van der Waals surface area contributed by atoms with Gasteiger partial charge in [-0.05, 0) is 40.8 Å². The Morgan fingerprint density at radius 3 is 2.56 bits per heavy atom. The highest BCUT2D eigenvalue weighted by atomic mass is 127. The van der Waals surface area contributed by atoms with Crippen molar-refractivity contribution >= 4 is 45.1 Å². The maximum absolute atomic E-state index is 13.1. The molecule has 2 rings (SSSR count). The van der Waals surface area contributed by atoms with Gasteiger partial charge >= 0.3 is 0 Å². The van der Waals surface area contributed by atoms with Gasteiger partial charge in [0, 0.05) is 8.96 Å². The van der Waals surface area contributed by atoms with E-state index in [-0.39, 0.29) is 5.02 Å². The minimum atomic E-state index is -2.69. The number of aromatic nitrogens is 1. The zero-order valence-electron chi connectivity index (χ0n) is 7.65. The number of alkyl halides is 2. The fourth-order valence-corrected chi connectivity index (χ4v) is 2.31. The van der Waals surface area contributed by atoms with Crippen LogP contribution in [0.2, 0.25) is 5.02 Å². The van der Waals surface area contributed by atoms with Crippen LogP contribution in [0.25, 0.3) is 10.9 Å². The van der Waals surface area contributed by atoms with Crippen LogP contribution in [0, 0.1) is 9.39 Å². The van der Waals surface area contributed by atoms with Crippen molar-refractivity contribution in [3.05, 3.63) is 38.3 Å². The van der Waals surface area contributed by atoms with Crippen LogP contribution in [-0.2, 0) is 0 Å². The van der Waals surface area contributed by atoms with Gasteiger partial charge in [-0.2, -0.15) is 0 Å². The number of fused-ring (bicyclic) bond motifs is 1. The Morgan fingerprint density at radius 2 is 1.94 bits per heavy atom. The number of benzene rings is 1. The van der Waals surface area contributed by atoms with Gasteiger partial charge in [0.1, 0.15) is 11.5 Å². The van der Waals surface area contributed by atoms with E-state index in [1.165, 1.54) is 12.1 Å². The van der Waals surface area contributed by atoms with Gasteiger partial charge in [-0.3, -0.25) is 0 Å². The topological polar surface area (TPSA) is 12.9 Å². The van der Waals surface area contributed by atoms with E-state index in [4.69, 9.17) is 11.6 Å². The summed E-state index contributed by atoms with van der Waals surface area (Å²) >= 11 is 7.64. The molecule has 0 saturated carbocycles. The lowest BCUT2D eigenvalue weighted by atomic mass is 10.2. The molecule has 2 aromatic rings. The van der Waals surface area contributed by atoms with Crippen molar-refractivity contribution in [2.45, 2.75) is 6.43 Å². The van der Waals surface area contributed by atoms with Crippen LogP contribution in [0.3, 0.4) is 0 Å². The van der Waals surface area contributed by atoms with Gasteiger partial charge in [-0.25, -0.2) is 18.2 Å². The summed E-state index contributed by atoms with van der Waals surface area (Å²) in [5.74, 6) is -0.467. The molecule has 1 heterocycles. The van der Waals surface area contributed by atoms with Crippen LogP contribution in [0.5, 0.6) is 0 Å². The smallest absolute Gasteiger partial charge is 0.246 e. The Labute approximate surface area is 108 Å². The van der Waals surface area contributed by atoms with Crippen molar-refractivity contribution in [2.75, 3.05) is 0 Å². The van der Waals surface area contributed by atoms with Crippen molar-refractivity contribution in [3.63, 3.8) is 0 Å². The normalized spacial score (nSPS) is 11.4. The molecule has 0 aliphatic rings. The molecule has 0 spiro atoms. The molecule has 0 aliphatic carbocycles. The molecule has 0 bridgehead atoms. The molecule has 0 amide bonds. The molecule has 84 valence electrons. The Bertz CT molecular complexity index is 559. The first-order valence-electron chi connectivity index (χ1n) is 4.22. The summed E-state index contributed by atoms with van der Waals surface area (Å²) in [7, 11) is 0. The maximum atomic E-state index is 13.1. The fourth-order valence-electron chi connectivity index (χ4n) is 1.34. The predicted molar refractivity (Wildman–Crippen MR) is 64.4 cm³/mol. The lowest BCUT2D eigenvalue weighted by Gasteiger charge is -2.06. The summed E-state index contributed by atoms with van der Waals surface area (Å²) in [6.07, 6.45) is -2.69. The molecular weight excluding hydrogens is 353 g/mol. The van der Waals surface area contributed by atoms with Gasteiger partial charge < -0.3 is 0 Å². The second-order valence-electron chi connectivity index (χ2n) is 3.11. The zero-order valence-corrected chi connectivity index (χ0v) is 10.6. The van der Waals surface area contributed by atoms with Crippen LogP contribution in [-0.4, -0.2) is 4.98 Å². The third-order valence-corrected chi connectivity index (χ3v) is 3.16. The summed E-state index contributed by atoms with van der Waals surface area (Å²) in [6, 6.07) is 3.47. The molecule has 6 heteroatoms. The molecule has 0 atom stereocenters. The largest absolute Gasteiger partial charge is 0.280 e. The molecule has 1 aromatic carbocycles. The Morgan fingerprint density at radius 1 is 1.25 bits per heavy atom. The Balaban J connectivity index is 2.82. The molecular formula is C10H4ClF3IN. The van der Waals surface area contributed by atoms with Crippen molar-refractivity contribution in [1.82, 2.24) is 4.98 Å². The molecule has 1 aromatic heterocycles. The number of nitrogens with zero attached hydrogens (tertiary/aromatic N) is 1. The van der Waals surface area contributed by atoms with Gasteiger partial charge in [0.15, 0.2) is 0 Å². The quantitative estimate of drug-likeness (QED) is 0.681. The van der Waals surface area contributed by atoms with Crippen molar-refractivity contribution in [2.24, 2.45) is 0 Å². The van der Waals surface area contributed by atoms with Gasteiger partial charge in [-0.15, -0.1) is 0 Å². The zero-order chi connectivity index (χ0) is 11.9. The fraction of sp³-hybridized carbons (Fsp3) is 0.100. The van der Waals surface area contributed by atoms with E-state index in [0.717, 1.165) is 6.07 Å². The van der Waals surface area contributed by atoms with E-state index in [1.807, 2.05) is 22.6 Å². The van der Waals surface area contributed by atoms with E-state index in [2.05, 4.69) is 4.98 Å². The van der Waals surface area contributed by atoms with Crippen LogP contribution in [0.15, 0.2) is 18.2 Å². The minimum absolute atomic E-state index is 0.0812. The first-order chi connectivity index (χ1) is 7.49. The van der Waals surface area contributed by atoms with Gasteiger partial charge in [0.25, 0.3) is 6.43 Å². The molecule has 0 saturated heterocycles. The molecule has 0 radical (unpaired) electrons. The van der Waals surface area contributed by atoms with Crippen molar-refractivity contribution < 1.29 is 13.2 Å². The highest BCUT2D eigenvalue weighted by Crippen LogP contribution is 2.30. The summed E-state index contributed by atoms with van der Waals surface area (Å²) < 4.78 is 38.5. The number of hydrogen-bond acceptors (Lipinski definition) is 1. The summed E-state index contributed by atoms with van der Waals surface area (Å²) in [4.78, 5) is 3.77. The van der Waals surface area contributed by atoms with E-state index >= 15 is 0 Å². The average Bonchev–Trinajstić information content (AvgIpc) is 2.19. The summed E-state index contributed by atoms with van der Waals surface area (Å²) in [5.41, 5.74) is -0.105. The molecule has 0 aliphatic heterocycles. The lowest BCUT2D eigenvalue weighted by Crippen LogP contribution is -1.94. The molecule has 0 unspecified atom stereocenters. The van der Waals surface area contributed by atoms with Crippen LogP contribution < -0.4 is 0 Å². The van der Waals surface area contributed by atoms with Gasteiger partial charge in [-0.1, -0.05) is 11.6 Å². The predicted octanol–water partition coefficient (Wildman–Crippen LogP) is 4.57. The van der Waals surface area contributed by atoms with E-state index in [1.54, 1.807) is 0 Å². The van der Waals surface area contributed by atoms with Gasteiger partial charge in [0.2, 0.25) is 0 Å². The second kappa shape index (κ2) is 4.37. The first-order valence-corrected chi connectivity index (χ1v) is 5.68. The Kier molecular flexibility index (Phi) is 3.25. The molecule has 1 nitrogen and oxygen atoms in total. The number of rotatable bonds is 1. The third kappa shape index (κ3) is 2.10. The summed E-state index contributed by atoms with van der Waals surface area (Å²) in [6.45, 7) is 0. The third-order valence-electron chi connectivity index (χ3n) is 2.02. The van der Waals surface area contributed by atoms with Crippen LogP contribution in [0.4, 0.5) is 13.2 Å². The molecule has 0 N–H and O–H groups in total. The second-order valence-corrected chi connectivity index (χ2v) is 4.68. The van der Waals surface area contributed by atoms with Gasteiger partial charge in [0.05, 0.1) is 10.5 Å². The monoisotopic (exact) mass is 357 g/mol. The Hall–Kier alpha value is -0.560. The van der Waals surface area contributed by atoms with E-state index in [9.17, 15) is 13.2 Å². The van der Waals surface area contributed by atoms with E-state index < -0.39 is 17.9 Å². The number of hydrogen-bond donors (Lipinski definition) is 0. The van der Waals surface area contributed by atoms with Crippen LogP contribution >= 0.6 is 34.2 Å². The minimum Gasteiger partial charge on any atom is -0.246 e. The standard InChI is InChI=1S/C10H4ClF3IN/c11-6-3-8(10(13)14)16-9-5(6)1-4(12)2-7(9)15/h1-3,10H. The molecule has 16 heavy (non-hydrogen) atoms. The number of halogens is 5.